The summed E-state index contributed by atoms with van der Waals surface area (Å²) in [6.07, 6.45) is 0. The Morgan fingerprint density at radius 3 is 2.52 bits per heavy atom. The van der Waals surface area contributed by atoms with Gasteiger partial charge in [0.1, 0.15) is 0 Å². The minimum atomic E-state index is -0.293. The van der Waals surface area contributed by atoms with Crippen molar-refractivity contribution in [3.05, 3.63) is 23.8 Å². The number of hydrogen-bond donors (Lipinski definition) is 3. The number of hydrogen-bond acceptors (Lipinski definition) is 5. The smallest absolute Gasteiger partial charge is 0.160 e. The third-order valence-electron chi connectivity index (χ3n) is 4.18. The minimum absolute atomic E-state index is 0.0569. The topological polar surface area (TPSA) is 65.0 Å². The number of nitrogens with zero attached hydrogens (tertiary/aromatic N) is 1. The molecule has 0 amide bonds. The van der Waals surface area contributed by atoms with Crippen molar-refractivity contribution in [1.29, 1.82) is 0 Å². The summed E-state index contributed by atoms with van der Waals surface area (Å²) in [6, 6.07) is 5.57. The average molecular weight is 294 g/mol. The summed E-state index contributed by atoms with van der Waals surface area (Å²) < 4.78 is 5.11. The van der Waals surface area contributed by atoms with Crippen LogP contribution in [0.15, 0.2) is 18.2 Å². The van der Waals surface area contributed by atoms with E-state index in [0.29, 0.717) is 5.75 Å². The van der Waals surface area contributed by atoms with Crippen LogP contribution in [0, 0.1) is 5.41 Å². The average Bonchev–Trinajstić information content (AvgIpc) is 2.48. The fraction of sp³-hybridized carbons (Fsp3) is 0.625. The second kappa shape index (κ2) is 6.64. The summed E-state index contributed by atoms with van der Waals surface area (Å²) in [5.74, 6) is 0.614. The summed E-state index contributed by atoms with van der Waals surface area (Å²) in [6.45, 7) is 7.96. The van der Waals surface area contributed by atoms with Crippen LogP contribution in [0.3, 0.4) is 0 Å². The number of aromatic hydroxyl groups is 1. The van der Waals surface area contributed by atoms with Crippen LogP contribution < -0.4 is 10.1 Å². The Balaban J connectivity index is 2.36. The van der Waals surface area contributed by atoms with Gasteiger partial charge in [0.05, 0.1) is 7.11 Å². The summed E-state index contributed by atoms with van der Waals surface area (Å²) in [5, 5.41) is 23.2. The first kappa shape index (κ1) is 16.1. The van der Waals surface area contributed by atoms with E-state index in [2.05, 4.69) is 24.1 Å². The molecule has 0 unspecified atom stereocenters. The molecule has 1 aliphatic heterocycles. The number of nitrogens with one attached hydrogen (secondary N) is 1. The number of phenols is 1. The fourth-order valence-corrected chi connectivity index (χ4v) is 3.06. The largest absolute Gasteiger partial charge is 0.504 e. The Bertz CT molecular complexity index is 471. The number of piperazine rings is 1. The number of aliphatic hydroxyl groups is 1. The van der Waals surface area contributed by atoms with Gasteiger partial charge in [-0.25, -0.2) is 0 Å². The lowest BCUT2D eigenvalue weighted by atomic mass is 9.79. The molecular weight excluding hydrogens is 268 g/mol. The number of aliphatic hydroxyl groups excluding tert-OH is 1. The van der Waals surface area contributed by atoms with Gasteiger partial charge in [-0.15, -0.1) is 0 Å². The van der Waals surface area contributed by atoms with Crippen LogP contribution in [0.25, 0.3) is 0 Å². The highest BCUT2D eigenvalue weighted by Gasteiger charge is 2.35. The normalized spacial score (nSPS) is 18.5. The van der Waals surface area contributed by atoms with Gasteiger partial charge >= 0.3 is 0 Å². The number of benzene rings is 1. The fourth-order valence-electron chi connectivity index (χ4n) is 3.06. The van der Waals surface area contributed by atoms with Gasteiger partial charge in [-0.1, -0.05) is 19.9 Å². The van der Waals surface area contributed by atoms with Gasteiger partial charge in [0.25, 0.3) is 0 Å². The molecular formula is C16H26N2O3. The van der Waals surface area contributed by atoms with E-state index in [-0.39, 0.29) is 23.8 Å². The number of rotatable bonds is 5. The first-order valence-corrected chi connectivity index (χ1v) is 7.42. The second-order valence-corrected chi connectivity index (χ2v) is 6.27. The van der Waals surface area contributed by atoms with Crippen molar-refractivity contribution in [1.82, 2.24) is 10.2 Å². The predicted molar refractivity (Wildman–Crippen MR) is 82.7 cm³/mol. The first-order chi connectivity index (χ1) is 9.99. The molecule has 1 aliphatic rings. The summed E-state index contributed by atoms with van der Waals surface area (Å²) in [5.41, 5.74) is 0.715. The van der Waals surface area contributed by atoms with Gasteiger partial charge in [0.15, 0.2) is 11.5 Å². The monoisotopic (exact) mass is 294 g/mol. The molecule has 5 nitrogen and oxygen atoms in total. The number of methoxy groups -OCH3 is 1. The molecule has 0 radical (unpaired) electrons. The Morgan fingerprint density at radius 2 is 2.00 bits per heavy atom. The molecule has 1 heterocycles. The Labute approximate surface area is 126 Å². The Kier molecular flexibility index (Phi) is 5.08. The van der Waals surface area contributed by atoms with Crippen LogP contribution >= 0.6 is 0 Å². The lowest BCUT2D eigenvalue weighted by Gasteiger charge is -2.43. The highest BCUT2D eigenvalue weighted by molar-refractivity contribution is 5.43. The molecule has 0 spiro atoms. The van der Waals surface area contributed by atoms with Gasteiger partial charge in [-0.2, -0.15) is 0 Å². The molecule has 3 N–H and O–H groups in total. The van der Waals surface area contributed by atoms with Gasteiger partial charge in [0.2, 0.25) is 0 Å². The highest BCUT2D eigenvalue weighted by atomic mass is 16.5. The van der Waals surface area contributed by atoms with E-state index < -0.39 is 0 Å². The van der Waals surface area contributed by atoms with Crippen LogP contribution in [0.2, 0.25) is 0 Å². The summed E-state index contributed by atoms with van der Waals surface area (Å²) in [4.78, 5) is 2.37. The molecule has 1 atom stereocenters. The number of phenolic OH excluding ortho intramolecular Hbond substituents is 1. The minimum Gasteiger partial charge on any atom is -0.504 e. The van der Waals surface area contributed by atoms with E-state index in [9.17, 15) is 10.2 Å². The van der Waals surface area contributed by atoms with Crippen molar-refractivity contribution < 1.29 is 14.9 Å². The Morgan fingerprint density at radius 1 is 1.33 bits per heavy atom. The molecule has 0 aromatic heterocycles. The van der Waals surface area contributed by atoms with E-state index in [0.717, 1.165) is 31.7 Å². The Hall–Kier alpha value is -1.30. The summed E-state index contributed by atoms with van der Waals surface area (Å²) >= 11 is 0. The maximum absolute atomic E-state index is 10.1. The van der Waals surface area contributed by atoms with Crippen LogP contribution in [-0.2, 0) is 0 Å². The third-order valence-corrected chi connectivity index (χ3v) is 4.18. The van der Waals surface area contributed by atoms with E-state index in [1.54, 1.807) is 19.2 Å². The predicted octanol–water partition coefficient (Wildman–Crippen LogP) is 1.37. The maximum atomic E-state index is 10.1. The lowest BCUT2D eigenvalue weighted by Crippen LogP contribution is -2.49. The van der Waals surface area contributed by atoms with Crippen LogP contribution in [-0.4, -0.2) is 55.0 Å². The molecule has 1 saturated heterocycles. The van der Waals surface area contributed by atoms with Crippen molar-refractivity contribution in [2.45, 2.75) is 19.9 Å². The number of ether oxygens (including phenoxy) is 1. The molecule has 118 valence electrons. The molecule has 5 heteroatoms. The molecule has 1 fully saturated rings. The van der Waals surface area contributed by atoms with Crippen molar-refractivity contribution >= 4 is 0 Å². The molecule has 1 aromatic carbocycles. The van der Waals surface area contributed by atoms with Crippen LogP contribution in [0.4, 0.5) is 0 Å². The van der Waals surface area contributed by atoms with E-state index in [4.69, 9.17) is 4.74 Å². The maximum Gasteiger partial charge on any atom is 0.160 e. The van der Waals surface area contributed by atoms with Crippen molar-refractivity contribution in [3.8, 4) is 11.5 Å². The molecule has 0 aliphatic carbocycles. The standard InChI is InChI=1S/C16H26N2O3/c1-16(2,11-19)15(18-8-6-17-7-9-18)12-4-5-14(21-3)13(20)10-12/h4-5,10,15,17,19-20H,6-9,11H2,1-3H3/t15-/m0/s1. The van der Waals surface area contributed by atoms with E-state index in [1.165, 1.54) is 0 Å². The van der Waals surface area contributed by atoms with Gasteiger partial charge in [0, 0.05) is 44.2 Å². The van der Waals surface area contributed by atoms with E-state index in [1.807, 2.05) is 6.07 Å². The van der Waals surface area contributed by atoms with E-state index >= 15 is 0 Å². The third kappa shape index (κ3) is 3.48. The lowest BCUT2D eigenvalue weighted by molar-refractivity contribution is 0.0304. The van der Waals surface area contributed by atoms with Crippen molar-refractivity contribution in [2.24, 2.45) is 5.41 Å². The highest BCUT2D eigenvalue weighted by Crippen LogP contribution is 2.40. The van der Waals surface area contributed by atoms with Gasteiger partial charge in [-0.3, -0.25) is 4.90 Å². The second-order valence-electron chi connectivity index (χ2n) is 6.27. The molecule has 1 aromatic rings. The molecule has 21 heavy (non-hydrogen) atoms. The zero-order valence-electron chi connectivity index (χ0n) is 13.1. The van der Waals surface area contributed by atoms with Crippen LogP contribution in [0.5, 0.6) is 11.5 Å². The quantitative estimate of drug-likeness (QED) is 0.765. The van der Waals surface area contributed by atoms with Crippen LogP contribution in [0.1, 0.15) is 25.5 Å². The van der Waals surface area contributed by atoms with Gasteiger partial charge in [-0.05, 0) is 17.7 Å². The van der Waals surface area contributed by atoms with Gasteiger partial charge < -0.3 is 20.3 Å². The zero-order valence-corrected chi connectivity index (χ0v) is 13.1. The first-order valence-electron chi connectivity index (χ1n) is 7.42. The molecule has 0 bridgehead atoms. The SMILES string of the molecule is COc1ccc([C@H](N2CCNCC2)C(C)(C)CO)cc1O. The molecule has 0 saturated carbocycles. The van der Waals surface area contributed by atoms with Crippen molar-refractivity contribution in [3.63, 3.8) is 0 Å². The van der Waals surface area contributed by atoms with Crippen molar-refractivity contribution in [2.75, 3.05) is 39.9 Å². The zero-order chi connectivity index (χ0) is 15.5. The molecule has 2 rings (SSSR count). The summed E-state index contributed by atoms with van der Waals surface area (Å²) in [7, 11) is 1.54.